The van der Waals surface area contributed by atoms with Crippen LogP contribution in [-0.2, 0) is 5.41 Å². The zero-order valence-corrected chi connectivity index (χ0v) is 19.7. The zero-order chi connectivity index (χ0) is 24.3. The van der Waals surface area contributed by atoms with E-state index < -0.39 is 6.03 Å². The normalized spacial score (nSPS) is 11.2. The number of amides is 2. The number of carbonyl (C=O) groups excluding carboxylic acids is 1. The summed E-state index contributed by atoms with van der Waals surface area (Å²) < 4.78 is 11.5. The molecule has 0 aliphatic rings. The molecule has 4 rings (SSSR count). The third kappa shape index (κ3) is 4.88. The Balaban J connectivity index is 1.70. The number of ether oxygens (including phenoxy) is 2. The highest BCUT2D eigenvalue weighted by Gasteiger charge is 2.20. The minimum absolute atomic E-state index is 0.158. The van der Waals surface area contributed by atoms with Gasteiger partial charge < -0.3 is 25.8 Å². The Labute approximate surface area is 198 Å². The van der Waals surface area contributed by atoms with Crippen molar-refractivity contribution in [1.29, 1.82) is 0 Å². The molecule has 0 radical (unpaired) electrons. The number of nitrogens with two attached hydrogens (primary N) is 1. The first-order valence-corrected chi connectivity index (χ1v) is 10.9. The Morgan fingerprint density at radius 1 is 0.971 bits per heavy atom. The molecule has 0 spiro atoms. The molecule has 0 saturated heterocycles. The largest absolute Gasteiger partial charge is 0.492 e. The fourth-order valence-corrected chi connectivity index (χ4v) is 3.67. The second-order valence-corrected chi connectivity index (χ2v) is 8.92. The Morgan fingerprint density at radius 3 is 2.41 bits per heavy atom. The van der Waals surface area contributed by atoms with Gasteiger partial charge in [0, 0.05) is 17.8 Å². The third-order valence-electron chi connectivity index (χ3n) is 5.44. The first kappa shape index (κ1) is 22.9. The second-order valence-electron chi connectivity index (χ2n) is 8.92. The van der Waals surface area contributed by atoms with Gasteiger partial charge >= 0.3 is 6.03 Å². The molecule has 1 heterocycles. The van der Waals surface area contributed by atoms with Gasteiger partial charge in [-0.3, -0.25) is 4.98 Å². The van der Waals surface area contributed by atoms with E-state index in [2.05, 4.69) is 36.4 Å². The van der Waals surface area contributed by atoms with Crippen LogP contribution in [0.4, 0.5) is 21.9 Å². The average molecular weight is 457 g/mol. The minimum Gasteiger partial charge on any atom is -0.492 e. The van der Waals surface area contributed by atoms with Gasteiger partial charge in [0.1, 0.15) is 5.75 Å². The Bertz CT molecular complexity index is 1330. The molecule has 0 unspecified atom stereocenters. The fourth-order valence-electron chi connectivity index (χ4n) is 3.67. The molecule has 0 saturated carbocycles. The van der Waals surface area contributed by atoms with Crippen LogP contribution in [-0.4, -0.2) is 18.1 Å². The van der Waals surface area contributed by atoms with Crippen LogP contribution in [0.2, 0.25) is 0 Å². The van der Waals surface area contributed by atoms with Crippen LogP contribution in [0.25, 0.3) is 10.8 Å². The van der Waals surface area contributed by atoms with Gasteiger partial charge in [-0.05, 0) is 46.7 Å². The number of nitrogens with one attached hydrogen (secondary N) is 2. The lowest BCUT2D eigenvalue weighted by Gasteiger charge is -2.23. The molecule has 34 heavy (non-hydrogen) atoms. The number of hydrogen-bond acceptors (Lipinski definition) is 5. The van der Waals surface area contributed by atoms with Crippen molar-refractivity contribution in [2.75, 3.05) is 23.5 Å². The summed E-state index contributed by atoms with van der Waals surface area (Å²) in [5, 5.41) is 7.68. The van der Waals surface area contributed by atoms with Gasteiger partial charge in [0.2, 0.25) is 0 Å². The SMILES string of the molecule is COc1c(N)cc(C(C)(C)C)cc1NC(=O)Nc1c(Oc2ccncc2)ccc2ccccc12. The van der Waals surface area contributed by atoms with E-state index in [1.807, 2.05) is 48.5 Å². The van der Waals surface area contributed by atoms with Crippen LogP contribution in [0.1, 0.15) is 26.3 Å². The van der Waals surface area contributed by atoms with Crippen molar-refractivity contribution in [2.45, 2.75) is 26.2 Å². The number of fused-ring (bicyclic) bond motifs is 1. The van der Waals surface area contributed by atoms with Crippen LogP contribution in [0, 0.1) is 0 Å². The smallest absolute Gasteiger partial charge is 0.323 e. The van der Waals surface area contributed by atoms with Gasteiger partial charge in [-0.25, -0.2) is 4.79 Å². The lowest BCUT2D eigenvalue weighted by Crippen LogP contribution is -2.21. The second kappa shape index (κ2) is 9.31. The van der Waals surface area contributed by atoms with E-state index in [1.54, 1.807) is 24.5 Å². The molecule has 0 aliphatic heterocycles. The summed E-state index contributed by atoms with van der Waals surface area (Å²) in [6, 6.07) is 18.4. The zero-order valence-electron chi connectivity index (χ0n) is 19.7. The van der Waals surface area contributed by atoms with Crippen molar-refractivity contribution in [3.63, 3.8) is 0 Å². The fraction of sp³-hybridized carbons (Fsp3) is 0.185. The van der Waals surface area contributed by atoms with Crippen LogP contribution < -0.4 is 25.8 Å². The van der Waals surface area contributed by atoms with Crippen molar-refractivity contribution in [3.8, 4) is 17.2 Å². The van der Waals surface area contributed by atoms with Crippen molar-refractivity contribution in [2.24, 2.45) is 0 Å². The number of aromatic nitrogens is 1. The lowest BCUT2D eigenvalue weighted by molar-refractivity contribution is 0.262. The van der Waals surface area contributed by atoms with Gasteiger partial charge in [-0.1, -0.05) is 51.1 Å². The molecule has 3 aromatic carbocycles. The highest BCUT2D eigenvalue weighted by molar-refractivity contribution is 6.08. The molecule has 174 valence electrons. The molecule has 7 heteroatoms. The van der Waals surface area contributed by atoms with Gasteiger partial charge in [0.15, 0.2) is 11.5 Å². The molecule has 4 N–H and O–H groups in total. The topological polar surface area (TPSA) is 98.5 Å². The minimum atomic E-state index is -0.445. The molecule has 0 bridgehead atoms. The summed E-state index contributed by atoms with van der Waals surface area (Å²) in [7, 11) is 1.52. The molecule has 7 nitrogen and oxygen atoms in total. The maximum absolute atomic E-state index is 13.2. The number of pyridine rings is 1. The predicted molar refractivity (Wildman–Crippen MR) is 137 cm³/mol. The summed E-state index contributed by atoms with van der Waals surface area (Å²) in [6.07, 6.45) is 3.30. The van der Waals surface area contributed by atoms with E-state index in [1.165, 1.54) is 7.11 Å². The number of hydrogen-bond donors (Lipinski definition) is 3. The Hall–Kier alpha value is -4.26. The van der Waals surface area contributed by atoms with E-state index in [0.29, 0.717) is 34.3 Å². The first-order valence-electron chi connectivity index (χ1n) is 10.9. The number of methoxy groups -OCH3 is 1. The summed E-state index contributed by atoms with van der Waals surface area (Å²) in [5.41, 5.74) is 8.53. The van der Waals surface area contributed by atoms with E-state index in [4.69, 9.17) is 15.2 Å². The molecule has 0 atom stereocenters. The summed E-state index contributed by atoms with van der Waals surface area (Å²) >= 11 is 0. The monoisotopic (exact) mass is 456 g/mol. The number of rotatable bonds is 5. The van der Waals surface area contributed by atoms with E-state index in [-0.39, 0.29) is 5.41 Å². The van der Waals surface area contributed by atoms with Crippen LogP contribution in [0.15, 0.2) is 73.1 Å². The molecule has 0 fully saturated rings. The van der Waals surface area contributed by atoms with Crippen LogP contribution in [0.3, 0.4) is 0 Å². The summed E-state index contributed by atoms with van der Waals surface area (Å²) in [5.74, 6) is 1.53. The van der Waals surface area contributed by atoms with Crippen LogP contribution in [0.5, 0.6) is 17.2 Å². The number of urea groups is 1. The summed E-state index contributed by atoms with van der Waals surface area (Å²) in [4.78, 5) is 17.2. The quantitative estimate of drug-likeness (QED) is 0.295. The molecule has 2 amide bonds. The maximum atomic E-state index is 13.2. The predicted octanol–water partition coefficient (Wildman–Crippen LogP) is 6.56. The maximum Gasteiger partial charge on any atom is 0.323 e. The molecule has 4 aromatic rings. The third-order valence-corrected chi connectivity index (χ3v) is 5.44. The number of nitrogen functional groups attached to an aromatic ring is 1. The number of anilines is 3. The Morgan fingerprint density at radius 2 is 1.71 bits per heavy atom. The van der Waals surface area contributed by atoms with Crippen molar-refractivity contribution < 1.29 is 14.3 Å². The van der Waals surface area contributed by atoms with Crippen molar-refractivity contribution in [1.82, 2.24) is 4.98 Å². The average Bonchev–Trinajstić information content (AvgIpc) is 2.80. The summed E-state index contributed by atoms with van der Waals surface area (Å²) in [6.45, 7) is 6.24. The number of benzene rings is 3. The van der Waals surface area contributed by atoms with Crippen LogP contribution >= 0.6 is 0 Å². The van der Waals surface area contributed by atoms with E-state index >= 15 is 0 Å². The number of nitrogens with zero attached hydrogens (tertiary/aromatic N) is 1. The Kier molecular flexibility index (Phi) is 6.27. The number of carbonyl (C=O) groups is 1. The molecular weight excluding hydrogens is 428 g/mol. The van der Waals surface area contributed by atoms with E-state index in [0.717, 1.165) is 16.3 Å². The highest BCUT2D eigenvalue weighted by atomic mass is 16.5. The van der Waals surface area contributed by atoms with Crippen molar-refractivity contribution in [3.05, 3.63) is 78.6 Å². The van der Waals surface area contributed by atoms with Crippen molar-refractivity contribution >= 4 is 33.9 Å². The lowest BCUT2D eigenvalue weighted by atomic mass is 9.86. The highest BCUT2D eigenvalue weighted by Crippen LogP contribution is 2.38. The van der Waals surface area contributed by atoms with Gasteiger partial charge in [-0.2, -0.15) is 0 Å². The first-order chi connectivity index (χ1) is 16.3. The molecule has 1 aromatic heterocycles. The standard InChI is InChI=1S/C27H28N4O3/c1-27(2,3)18-15-21(28)25(33-4)22(16-18)30-26(32)31-24-20-8-6-5-7-17(20)9-10-23(24)34-19-11-13-29-14-12-19/h5-16H,28H2,1-4H3,(H2,30,31,32). The van der Waals surface area contributed by atoms with E-state index in [9.17, 15) is 4.79 Å². The van der Waals surface area contributed by atoms with Gasteiger partial charge in [-0.15, -0.1) is 0 Å². The molecular formula is C27H28N4O3. The van der Waals surface area contributed by atoms with Gasteiger partial charge in [0.25, 0.3) is 0 Å². The molecule has 0 aliphatic carbocycles. The van der Waals surface area contributed by atoms with Gasteiger partial charge in [0.05, 0.1) is 24.2 Å².